The summed E-state index contributed by atoms with van der Waals surface area (Å²) < 4.78 is 0. The number of rotatable bonds is 2. The number of piperazine rings is 1. The lowest BCUT2D eigenvalue weighted by atomic mass is 10.1. The van der Waals surface area contributed by atoms with Gasteiger partial charge in [0.05, 0.1) is 0 Å². The molecular weight excluding hydrogens is 334 g/mol. The second kappa shape index (κ2) is 7.36. The third-order valence-corrected chi connectivity index (χ3v) is 4.81. The molecule has 1 aliphatic rings. The summed E-state index contributed by atoms with van der Waals surface area (Å²) in [5.41, 5.74) is 5.56. The highest BCUT2D eigenvalue weighted by atomic mass is 35.5. The van der Waals surface area contributed by atoms with E-state index in [0.29, 0.717) is 18.1 Å². The Morgan fingerprint density at radius 1 is 0.960 bits per heavy atom. The van der Waals surface area contributed by atoms with E-state index in [2.05, 4.69) is 42.3 Å². The van der Waals surface area contributed by atoms with Crippen molar-refractivity contribution in [3.63, 3.8) is 0 Å². The predicted octanol–water partition coefficient (Wildman–Crippen LogP) is 4.62. The molecule has 1 heterocycles. The first-order valence-corrected chi connectivity index (χ1v) is 8.95. The predicted molar refractivity (Wildman–Crippen MR) is 105 cm³/mol. The van der Waals surface area contributed by atoms with E-state index in [1.807, 2.05) is 24.0 Å². The topological polar surface area (TPSA) is 35.6 Å². The number of nitrogens with one attached hydrogen (secondary N) is 1. The lowest BCUT2D eigenvalue weighted by Gasteiger charge is -2.36. The van der Waals surface area contributed by atoms with Crippen LogP contribution in [0.5, 0.6) is 0 Å². The van der Waals surface area contributed by atoms with Gasteiger partial charge in [-0.2, -0.15) is 0 Å². The fourth-order valence-electron chi connectivity index (χ4n) is 3.22. The highest BCUT2D eigenvalue weighted by Crippen LogP contribution is 2.22. The van der Waals surface area contributed by atoms with E-state index in [4.69, 9.17) is 11.6 Å². The molecule has 2 aromatic carbocycles. The van der Waals surface area contributed by atoms with E-state index in [-0.39, 0.29) is 6.03 Å². The lowest BCUT2D eigenvalue weighted by Crippen LogP contribution is -2.50. The van der Waals surface area contributed by atoms with Gasteiger partial charge in [0.15, 0.2) is 0 Å². The number of carbonyl (C=O) groups is 1. The molecule has 1 N–H and O–H groups in total. The van der Waals surface area contributed by atoms with E-state index < -0.39 is 0 Å². The van der Waals surface area contributed by atoms with E-state index in [0.717, 1.165) is 24.3 Å². The molecule has 5 heteroatoms. The standard InChI is InChI=1S/C20H24ClN3O/c1-14-10-15(2)12-18(11-14)23-6-8-24(9-7-23)20(25)22-19-13-17(21)5-4-16(19)3/h4-5,10-13H,6-9H2,1-3H3,(H,22,25). The minimum absolute atomic E-state index is 0.0644. The van der Waals surface area contributed by atoms with Crippen molar-refractivity contribution in [2.24, 2.45) is 0 Å². The van der Waals surface area contributed by atoms with Crippen LogP contribution in [0.1, 0.15) is 16.7 Å². The summed E-state index contributed by atoms with van der Waals surface area (Å²) in [7, 11) is 0. The lowest BCUT2D eigenvalue weighted by molar-refractivity contribution is 0.208. The molecule has 25 heavy (non-hydrogen) atoms. The second-order valence-corrected chi connectivity index (χ2v) is 7.15. The van der Waals surface area contributed by atoms with Crippen molar-refractivity contribution in [2.45, 2.75) is 20.8 Å². The number of carbonyl (C=O) groups excluding carboxylic acids is 1. The Kier molecular flexibility index (Phi) is 5.19. The zero-order valence-electron chi connectivity index (χ0n) is 15.0. The molecule has 2 aromatic rings. The number of amides is 2. The third-order valence-electron chi connectivity index (χ3n) is 4.58. The molecule has 0 atom stereocenters. The van der Waals surface area contributed by atoms with Gasteiger partial charge in [-0.05, 0) is 61.7 Å². The second-order valence-electron chi connectivity index (χ2n) is 6.71. The molecule has 0 unspecified atom stereocenters. The molecule has 0 aliphatic carbocycles. The quantitative estimate of drug-likeness (QED) is 0.851. The molecule has 2 amide bonds. The van der Waals surface area contributed by atoms with E-state index >= 15 is 0 Å². The molecule has 4 nitrogen and oxygen atoms in total. The number of aryl methyl sites for hydroxylation is 3. The average Bonchev–Trinajstić information content (AvgIpc) is 2.57. The van der Waals surface area contributed by atoms with E-state index in [9.17, 15) is 4.79 Å². The van der Waals surface area contributed by atoms with Gasteiger partial charge in [0.1, 0.15) is 0 Å². The summed E-state index contributed by atoms with van der Waals surface area (Å²) in [6.07, 6.45) is 0. The van der Waals surface area contributed by atoms with Crippen LogP contribution in [0.3, 0.4) is 0 Å². The maximum absolute atomic E-state index is 12.5. The highest BCUT2D eigenvalue weighted by molar-refractivity contribution is 6.31. The smallest absolute Gasteiger partial charge is 0.321 e. The van der Waals surface area contributed by atoms with Gasteiger partial charge >= 0.3 is 6.03 Å². The molecule has 132 valence electrons. The van der Waals surface area contributed by atoms with Crippen LogP contribution in [0.2, 0.25) is 5.02 Å². The maximum Gasteiger partial charge on any atom is 0.321 e. The fraction of sp³-hybridized carbons (Fsp3) is 0.350. The van der Waals surface area contributed by atoms with Crippen molar-refractivity contribution >= 4 is 29.0 Å². The van der Waals surface area contributed by atoms with Gasteiger partial charge in [-0.3, -0.25) is 0 Å². The van der Waals surface area contributed by atoms with Gasteiger partial charge < -0.3 is 15.1 Å². The first-order valence-electron chi connectivity index (χ1n) is 8.58. The molecule has 0 spiro atoms. The summed E-state index contributed by atoms with van der Waals surface area (Å²) in [6, 6.07) is 12.1. The van der Waals surface area contributed by atoms with Gasteiger partial charge in [-0.15, -0.1) is 0 Å². The van der Waals surface area contributed by atoms with Crippen LogP contribution in [0, 0.1) is 20.8 Å². The minimum atomic E-state index is -0.0644. The summed E-state index contributed by atoms with van der Waals surface area (Å²) in [4.78, 5) is 16.7. The van der Waals surface area contributed by atoms with Gasteiger partial charge in [0.2, 0.25) is 0 Å². The number of urea groups is 1. The van der Waals surface area contributed by atoms with Gasteiger partial charge in [0, 0.05) is 42.6 Å². The molecule has 1 fully saturated rings. The summed E-state index contributed by atoms with van der Waals surface area (Å²) in [5, 5.41) is 3.60. The van der Waals surface area contributed by atoms with Crippen molar-refractivity contribution in [3.05, 3.63) is 58.1 Å². The number of nitrogens with zero attached hydrogens (tertiary/aromatic N) is 2. The molecule has 1 aliphatic heterocycles. The summed E-state index contributed by atoms with van der Waals surface area (Å²) in [5.74, 6) is 0. The molecular formula is C20H24ClN3O. The van der Waals surface area contributed by atoms with E-state index in [1.165, 1.54) is 16.8 Å². The normalized spacial score (nSPS) is 14.6. The number of hydrogen-bond donors (Lipinski definition) is 1. The monoisotopic (exact) mass is 357 g/mol. The number of anilines is 2. The molecule has 3 rings (SSSR count). The minimum Gasteiger partial charge on any atom is -0.368 e. The Bertz CT molecular complexity index is 762. The molecule has 1 saturated heterocycles. The first kappa shape index (κ1) is 17.6. The summed E-state index contributed by atoms with van der Waals surface area (Å²) >= 11 is 6.03. The van der Waals surface area contributed by atoms with Gasteiger partial charge in [0.25, 0.3) is 0 Å². The highest BCUT2D eigenvalue weighted by Gasteiger charge is 2.22. The Balaban J connectivity index is 1.61. The van der Waals surface area contributed by atoms with Crippen molar-refractivity contribution in [1.29, 1.82) is 0 Å². The number of benzene rings is 2. The van der Waals surface area contributed by atoms with Crippen LogP contribution in [-0.4, -0.2) is 37.1 Å². The maximum atomic E-state index is 12.5. The van der Waals surface area contributed by atoms with Crippen molar-refractivity contribution < 1.29 is 4.79 Å². The fourth-order valence-corrected chi connectivity index (χ4v) is 3.40. The third kappa shape index (κ3) is 4.26. The first-order chi connectivity index (χ1) is 11.9. The van der Waals surface area contributed by atoms with Crippen molar-refractivity contribution in [1.82, 2.24) is 4.90 Å². The van der Waals surface area contributed by atoms with Crippen LogP contribution in [0.15, 0.2) is 36.4 Å². The molecule has 0 aromatic heterocycles. The Hall–Kier alpha value is -2.20. The van der Waals surface area contributed by atoms with Crippen molar-refractivity contribution in [2.75, 3.05) is 36.4 Å². The van der Waals surface area contributed by atoms with Crippen LogP contribution in [0.25, 0.3) is 0 Å². The number of halogens is 1. The van der Waals surface area contributed by atoms with Crippen LogP contribution < -0.4 is 10.2 Å². The van der Waals surface area contributed by atoms with Crippen molar-refractivity contribution in [3.8, 4) is 0 Å². The Labute approximate surface area is 154 Å². The zero-order chi connectivity index (χ0) is 18.0. The van der Waals surface area contributed by atoms with Crippen LogP contribution >= 0.6 is 11.6 Å². The number of hydrogen-bond acceptors (Lipinski definition) is 2. The molecule has 0 radical (unpaired) electrons. The largest absolute Gasteiger partial charge is 0.368 e. The van der Waals surface area contributed by atoms with Gasteiger partial charge in [-0.25, -0.2) is 4.79 Å². The van der Waals surface area contributed by atoms with Gasteiger partial charge in [-0.1, -0.05) is 23.7 Å². The Morgan fingerprint density at radius 3 is 2.24 bits per heavy atom. The zero-order valence-corrected chi connectivity index (χ0v) is 15.7. The van der Waals surface area contributed by atoms with E-state index in [1.54, 1.807) is 6.07 Å². The Morgan fingerprint density at radius 2 is 1.60 bits per heavy atom. The molecule has 0 saturated carbocycles. The molecule has 0 bridgehead atoms. The summed E-state index contributed by atoms with van der Waals surface area (Å²) in [6.45, 7) is 9.29. The van der Waals surface area contributed by atoms with Crippen LogP contribution in [0.4, 0.5) is 16.2 Å². The van der Waals surface area contributed by atoms with Crippen LogP contribution in [-0.2, 0) is 0 Å². The SMILES string of the molecule is Cc1cc(C)cc(N2CCN(C(=O)Nc3cc(Cl)ccc3C)CC2)c1. The average molecular weight is 358 g/mol.